The number of nitrogens with zero attached hydrogens (tertiary/aromatic N) is 4. The molecule has 1 amide bonds. The molecular formula is C24H37N5OS. The molecule has 31 heavy (non-hydrogen) atoms. The number of nitrogens with one attached hydrogen (secondary N) is 1. The van der Waals surface area contributed by atoms with Crippen molar-refractivity contribution in [2.75, 3.05) is 12.3 Å². The summed E-state index contributed by atoms with van der Waals surface area (Å²) in [6.45, 7) is 14.0. The van der Waals surface area contributed by atoms with Crippen molar-refractivity contribution in [2.45, 2.75) is 89.5 Å². The van der Waals surface area contributed by atoms with E-state index in [0.29, 0.717) is 5.75 Å². The molecule has 0 radical (unpaired) electrons. The number of thioether (sulfide) groups is 1. The largest absolute Gasteiger partial charge is 0.339 e. The number of rotatable bonds is 8. The molecular weight excluding hydrogens is 406 g/mol. The Labute approximate surface area is 191 Å². The van der Waals surface area contributed by atoms with Gasteiger partial charge in [0.25, 0.3) is 0 Å². The molecule has 2 heterocycles. The van der Waals surface area contributed by atoms with Crippen molar-refractivity contribution < 1.29 is 4.79 Å². The lowest BCUT2D eigenvalue weighted by Crippen LogP contribution is -2.63. The molecule has 1 aliphatic heterocycles. The summed E-state index contributed by atoms with van der Waals surface area (Å²) in [6, 6.07) is 8.50. The third kappa shape index (κ3) is 6.32. The second kappa shape index (κ2) is 9.74. The first kappa shape index (κ1) is 23.8. The van der Waals surface area contributed by atoms with E-state index < -0.39 is 0 Å². The van der Waals surface area contributed by atoms with E-state index >= 15 is 0 Å². The zero-order chi connectivity index (χ0) is 22.6. The maximum Gasteiger partial charge on any atom is 0.233 e. The summed E-state index contributed by atoms with van der Waals surface area (Å²) in [6.07, 6.45) is 5.76. The van der Waals surface area contributed by atoms with Crippen LogP contribution >= 0.6 is 11.8 Å². The Bertz CT molecular complexity index is 858. The Morgan fingerprint density at radius 2 is 1.84 bits per heavy atom. The maximum atomic E-state index is 13.4. The highest BCUT2D eigenvalue weighted by Crippen LogP contribution is 2.32. The van der Waals surface area contributed by atoms with Gasteiger partial charge in [0.2, 0.25) is 5.91 Å². The molecule has 2 aromatic rings. The molecule has 3 rings (SSSR count). The topological polar surface area (TPSA) is 63.1 Å². The van der Waals surface area contributed by atoms with Crippen LogP contribution in [0.4, 0.5) is 0 Å². The quantitative estimate of drug-likeness (QED) is 0.604. The molecule has 1 fully saturated rings. The van der Waals surface area contributed by atoms with Crippen molar-refractivity contribution in [3.05, 3.63) is 36.2 Å². The summed E-state index contributed by atoms with van der Waals surface area (Å²) in [5, 5.41) is 12.8. The van der Waals surface area contributed by atoms with E-state index in [-0.39, 0.29) is 23.0 Å². The van der Waals surface area contributed by atoms with Gasteiger partial charge in [-0.3, -0.25) is 9.36 Å². The molecule has 7 heteroatoms. The molecule has 1 N–H and O–H groups in total. The normalized spacial score (nSPS) is 18.1. The highest BCUT2D eigenvalue weighted by molar-refractivity contribution is 7.99. The minimum atomic E-state index is 0.00984. The van der Waals surface area contributed by atoms with Gasteiger partial charge < -0.3 is 10.2 Å². The number of hydrogen-bond acceptors (Lipinski definition) is 5. The monoisotopic (exact) mass is 443 g/mol. The first-order valence-corrected chi connectivity index (χ1v) is 12.3. The number of amides is 1. The molecule has 170 valence electrons. The van der Waals surface area contributed by atoms with Gasteiger partial charge in [0.05, 0.1) is 5.75 Å². The zero-order valence-corrected chi connectivity index (χ0v) is 20.6. The minimum absolute atomic E-state index is 0.00984. The Morgan fingerprint density at radius 3 is 2.45 bits per heavy atom. The molecule has 0 saturated carbocycles. The van der Waals surface area contributed by atoms with Crippen LogP contribution in [0.3, 0.4) is 0 Å². The molecule has 0 aliphatic carbocycles. The van der Waals surface area contributed by atoms with Crippen LogP contribution in [0.15, 0.2) is 35.7 Å². The number of carbonyl (C=O) groups excluding carboxylic acids is 1. The van der Waals surface area contributed by atoms with Crippen molar-refractivity contribution in [3.8, 4) is 5.69 Å². The Hall–Kier alpha value is -1.86. The van der Waals surface area contributed by atoms with Gasteiger partial charge in [0.1, 0.15) is 6.33 Å². The van der Waals surface area contributed by atoms with Gasteiger partial charge in [0.15, 0.2) is 5.16 Å². The van der Waals surface area contributed by atoms with Crippen LogP contribution < -0.4 is 5.32 Å². The molecule has 1 aromatic heterocycles. The molecule has 0 unspecified atom stereocenters. The molecule has 1 aliphatic rings. The summed E-state index contributed by atoms with van der Waals surface area (Å²) >= 11 is 1.47. The Morgan fingerprint density at radius 1 is 1.19 bits per heavy atom. The molecule has 6 nitrogen and oxygen atoms in total. The number of aryl methyl sites for hydroxylation is 1. The van der Waals surface area contributed by atoms with E-state index in [2.05, 4.69) is 86.2 Å². The highest BCUT2D eigenvalue weighted by atomic mass is 32.2. The zero-order valence-electron chi connectivity index (χ0n) is 19.8. The van der Waals surface area contributed by atoms with Gasteiger partial charge in [-0.25, -0.2) is 0 Å². The summed E-state index contributed by atoms with van der Waals surface area (Å²) in [5.74, 6) is 0.564. The van der Waals surface area contributed by atoms with E-state index in [1.165, 1.54) is 17.3 Å². The van der Waals surface area contributed by atoms with Gasteiger partial charge in [0, 0.05) is 29.4 Å². The summed E-state index contributed by atoms with van der Waals surface area (Å²) < 4.78 is 1.95. The van der Waals surface area contributed by atoms with E-state index in [4.69, 9.17) is 0 Å². The van der Waals surface area contributed by atoms with Crippen LogP contribution in [0, 0.1) is 6.92 Å². The van der Waals surface area contributed by atoms with E-state index in [1.54, 1.807) is 6.33 Å². The number of hydrogen-bond donors (Lipinski definition) is 1. The standard InChI is InChI=1S/C24H37N5OS/c1-7-8-13-28(20-14-23(3,4)27-24(5,6)15-20)21(30)16-31-22-26-25-17-29(22)19-11-9-18(2)10-12-19/h9-12,17,20,27H,7-8,13-16H2,1-6H3. The lowest BCUT2D eigenvalue weighted by molar-refractivity contribution is -0.132. The van der Waals surface area contributed by atoms with Crippen molar-refractivity contribution in [3.63, 3.8) is 0 Å². The second-order valence-corrected chi connectivity index (χ2v) is 10.9. The Kier molecular flexibility index (Phi) is 7.47. The van der Waals surface area contributed by atoms with Gasteiger partial charge >= 0.3 is 0 Å². The average Bonchev–Trinajstić information content (AvgIpc) is 3.13. The lowest BCUT2D eigenvalue weighted by Gasteiger charge is -2.49. The second-order valence-electron chi connectivity index (χ2n) is 10.0. The van der Waals surface area contributed by atoms with Crippen LogP contribution in [0.25, 0.3) is 5.69 Å². The fraction of sp³-hybridized carbons (Fsp3) is 0.625. The molecule has 0 spiro atoms. The van der Waals surface area contributed by atoms with Crippen LogP contribution in [-0.2, 0) is 4.79 Å². The number of piperidine rings is 1. The van der Waals surface area contributed by atoms with Gasteiger partial charge in [-0.05, 0) is 66.0 Å². The lowest BCUT2D eigenvalue weighted by atomic mass is 9.79. The van der Waals surface area contributed by atoms with Gasteiger partial charge in [-0.2, -0.15) is 0 Å². The van der Waals surface area contributed by atoms with Gasteiger partial charge in [-0.15, -0.1) is 10.2 Å². The first-order valence-electron chi connectivity index (χ1n) is 11.3. The van der Waals surface area contributed by atoms with E-state index in [9.17, 15) is 4.79 Å². The molecule has 0 atom stereocenters. The number of aromatic nitrogens is 3. The number of benzene rings is 1. The van der Waals surface area contributed by atoms with Crippen molar-refractivity contribution in [2.24, 2.45) is 0 Å². The predicted molar refractivity (Wildman–Crippen MR) is 128 cm³/mol. The smallest absolute Gasteiger partial charge is 0.233 e. The molecule has 0 bridgehead atoms. The van der Waals surface area contributed by atoms with Crippen molar-refractivity contribution >= 4 is 17.7 Å². The third-order valence-electron chi connectivity index (χ3n) is 5.84. The van der Waals surface area contributed by atoms with Crippen LogP contribution in [-0.4, -0.2) is 55.0 Å². The fourth-order valence-electron chi connectivity index (χ4n) is 4.74. The number of unbranched alkanes of at least 4 members (excludes halogenated alkanes) is 1. The average molecular weight is 444 g/mol. The van der Waals surface area contributed by atoms with Gasteiger partial charge in [-0.1, -0.05) is 42.8 Å². The van der Waals surface area contributed by atoms with Crippen molar-refractivity contribution in [1.82, 2.24) is 25.0 Å². The first-order chi connectivity index (χ1) is 14.6. The maximum absolute atomic E-state index is 13.4. The molecule has 1 aromatic carbocycles. The summed E-state index contributed by atoms with van der Waals surface area (Å²) in [4.78, 5) is 15.5. The summed E-state index contributed by atoms with van der Waals surface area (Å²) in [7, 11) is 0. The third-order valence-corrected chi connectivity index (χ3v) is 6.76. The van der Waals surface area contributed by atoms with E-state index in [0.717, 1.165) is 43.1 Å². The summed E-state index contributed by atoms with van der Waals surface area (Å²) in [5.41, 5.74) is 2.24. The van der Waals surface area contributed by atoms with Crippen molar-refractivity contribution in [1.29, 1.82) is 0 Å². The minimum Gasteiger partial charge on any atom is -0.339 e. The van der Waals surface area contributed by atoms with Crippen LogP contribution in [0.5, 0.6) is 0 Å². The highest BCUT2D eigenvalue weighted by Gasteiger charge is 2.41. The Balaban J connectivity index is 1.72. The SMILES string of the molecule is CCCCN(C(=O)CSc1nncn1-c1ccc(C)cc1)C1CC(C)(C)NC(C)(C)C1. The van der Waals surface area contributed by atoms with Crippen LogP contribution in [0.2, 0.25) is 0 Å². The van der Waals surface area contributed by atoms with Crippen LogP contribution in [0.1, 0.15) is 65.9 Å². The fourth-order valence-corrected chi connectivity index (χ4v) is 5.56. The predicted octanol–water partition coefficient (Wildman–Crippen LogP) is 4.61. The number of carbonyl (C=O) groups is 1. The van der Waals surface area contributed by atoms with E-state index in [1.807, 2.05) is 4.57 Å². The molecule has 1 saturated heterocycles.